The van der Waals surface area contributed by atoms with E-state index in [0.29, 0.717) is 5.92 Å². The number of hydrogen-bond acceptors (Lipinski definition) is 2. The molecular weight excluding hydrogens is 397 g/mol. The highest BCUT2D eigenvalue weighted by Gasteiger charge is 2.04. The van der Waals surface area contributed by atoms with Gasteiger partial charge < -0.3 is 10.1 Å². The maximum absolute atomic E-state index is 6.31. The molecule has 0 saturated carbocycles. The van der Waals surface area contributed by atoms with Gasteiger partial charge in [0.25, 0.3) is 0 Å². The third kappa shape index (κ3) is 5.49. The van der Waals surface area contributed by atoms with Crippen LogP contribution in [0.15, 0.2) is 42.5 Å². The summed E-state index contributed by atoms with van der Waals surface area (Å²) in [6.45, 7) is 6.14. The second-order valence-corrected chi connectivity index (χ2v) is 6.99. The average molecular weight is 416 g/mol. The van der Waals surface area contributed by atoms with Crippen molar-refractivity contribution in [3.63, 3.8) is 0 Å². The third-order valence-corrected chi connectivity index (χ3v) is 4.01. The van der Waals surface area contributed by atoms with Gasteiger partial charge in [-0.1, -0.05) is 31.5 Å². The van der Waals surface area contributed by atoms with Crippen molar-refractivity contribution in [2.45, 2.75) is 20.4 Å². The van der Waals surface area contributed by atoms with Gasteiger partial charge in [-0.05, 0) is 77.0 Å². The first-order valence-electron chi connectivity index (χ1n) is 6.97. The van der Waals surface area contributed by atoms with Crippen molar-refractivity contribution in [2.75, 3.05) is 6.54 Å². The molecule has 0 fully saturated rings. The molecule has 2 rings (SSSR count). The zero-order valence-electron chi connectivity index (χ0n) is 12.2. The molecule has 112 valence electrons. The Kier molecular flexibility index (Phi) is 6.33. The Morgan fingerprint density at radius 3 is 2.38 bits per heavy atom. The molecule has 0 heterocycles. The van der Waals surface area contributed by atoms with E-state index in [1.54, 1.807) is 0 Å². The number of nitrogens with one attached hydrogen (secondary N) is 1. The van der Waals surface area contributed by atoms with Gasteiger partial charge in [0.15, 0.2) is 0 Å². The second-order valence-electron chi connectivity index (χ2n) is 5.33. The molecule has 4 heteroatoms. The van der Waals surface area contributed by atoms with E-state index >= 15 is 0 Å². The van der Waals surface area contributed by atoms with Crippen molar-refractivity contribution < 1.29 is 4.74 Å². The summed E-state index contributed by atoms with van der Waals surface area (Å²) in [6.07, 6.45) is 0. The summed E-state index contributed by atoms with van der Waals surface area (Å²) >= 11 is 8.59. The fourth-order valence-corrected chi connectivity index (χ4v) is 2.47. The lowest BCUT2D eigenvalue weighted by molar-refractivity contribution is 0.482. The summed E-state index contributed by atoms with van der Waals surface area (Å²) in [5.74, 6) is 2.21. The number of rotatable bonds is 6. The fraction of sp³-hybridized carbons (Fsp3) is 0.294. The van der Waals surface area contributed by atoms with Crippen LogP contribution in [-0.4, -0.2) is 6.54 Å². The Labute approximate surface area is 145 Å². The van der Waals surface area contributed by atoms with E-state index in [1.807, 2.05) is 42.5 Å². The van der Waals surface area contributed by atoms with Crippen molar-refractivity contribution in [3.05, 3.63) is 56.6 Å². The predicted octanol–water partition coefficient (Wildman–Crippen LogP) is 5.48. The van der Waals surface area contributed by atoms with E-state index < -0.39 is 0 Å². The minimum Gasteiger partial charge on any atom is -0.457 e. The summed E-state index contributed by atoms with van der Waals surface area (Å²) < 4.78 is 6.99. The monoisotopic (exact) mass is 415 g/mol. The molecule has 2 nitrogen and oxygen atoms in total. The summed E-state index contributed by atoms with van der Waals surface area (Å²) in [5.41, 5.74) is 1.09. The van der Waals surface area contributed by atoms with Crippen molar-refractivity contribution in [1.82, 2.24) is 5.32 Å². The molecule has 2 aromatic carbocycles. The van der Waals surface area contributed by atoms with E-state index in [0.717, 1.165) is 35.2 Å². The van der Waals surface area contributed by atoms with Crippen LogP contribution in [0, 0.1) is 9.49 Å². The van der Waals surface area contributed by atoms with Crippen LogP contribution in [0.3, 0.4) is 0 Å². The summed E-state index contributed by atoms with van der Waals surface area (Å²) in [6, 6.07) is 13.8. The Balaban J connectivity index is 1.99. The second kappa shape index (κ2) is 8.01. The zero-order chi connectivity index (χ0) is 15.2. The lowest BCUT2D eigenvalue weighted by atomic mass is 10.2. The smallest absolute Gasteiger partial charge is 0.128 e. The summed E-state index contributed by atoms with van der Waals surface area (Å²) in [5, 5.41) is 4.12. The Hall–Kier alpha value is -0.780. The standard InChI is InChI=1S/C17H19ClINO/c1-12(2)10-20-11-13-3-6-16(9-17(13)18)21-15-7-4-14(19)5-8-15/h3-9,12,20H,10-11H2,1-2H3. The molecule has 0 saturated heterocycles. The lowest BCUT2D eigenvalue weighted by Crippen LogP contribution is -2.19. The molecule has 21 heavy (non-hydrogen) atoms. The minimum atomic E-state index is 0.632. The minimum absolute atomic E-state index is 0.632. The van der Waals surface area contributed by atoms with Crippen LogP contribution in [0.4, 0.5) is 0 Å². The molecular formula is C17H19ClINO. The first kappa shape index (κ1) is 16.6. The van der Waals surface area contributed by atoms with E-state index in [-0.39, 0.29) is 0 Å². The van der Waals surface area contributed by atoms with Gasteiger partial charge in [0.05, 0.1) is 0 Å². The molecule has 0 atom stereocenters. The quantitative estimate of drug-likeness (QED) is 0.631. The van der Waals surface area contributed by atoms with Crippen molar-refractivity contribution >= 4 is 34.2 Å². The molecule has 0 radical (unpaired) electrons. The van der Waals surface area contributed by atoms with Crippen LogP contribution in [0.5, 0.6) is 11.5 Å². The molecule has 2 aromatic rings. The van der Waals surface area contributed by atoms with Gasteiger partial charge in [0, 0.05) is 15.1 Å². The molecule has 0 aliphatic rings. The van der Waals surface area contributed by atoms with Crippen LogP contribution in [-0.2, 0) is 6.54 Å². The van der Waals surface area contributed by atoms with Gasteiger partial charge in [-0.25, -0.2) is 0 Å². The maximum Gasteiger partial charge on any atom is 0.128 e. The number of halogens is 2. The number of benzene rings is 2. The van der Waals surface area contributed by atoms with Crippen LogP contribution >= 0.6 is 34.2 Å². The van der Waals surface area contributed by atoms with Gasteiger partial charge >= 0.3 is 0 Å². The van der Waals surface area contributed by atoms with Crippen LogP contribution in [0.2, 0.25) is 5.02 Å². The first-order chi connectivity index (χ1) is 10.0. The molecule has 0 aromatic heterocycles. The van der Waals surface area contributed by atoms with Crippen LogP contribution in [0.25, 0.3) is 0 Å². The van der Waals surface area contributed by atoms with Gasteiger partial charge in [0.2, 0.25) is 0 Å². The Morgan fingerprint density at radius 1 is 1.10 bits per heavy atom. The Morgan fingerprint density at radius 2 is 1.76 bits per heavy atom. The highest BCUT2D eigenvalue weighted by molar-refractivity contribution is 14.1. The van der Waals surface area contributed by atoms with Gasteiger partial charge in [-0.2, -0.15) is 0 Å². The van der Waals surface area contributed by atoms with Crippen molar-refractivity contribution in [1.29, 1.82) is 0 Å². The van der Waals surface area contributed by atoms with E-state index in [4.69, 9.17) is 16.3 Å². The number of ether oxygens (including phenoxy) is 1. The highest BCUT2D eigenvalue weighted by Crippen LogP contribution is 2.27. The van der Waals surface area contributed by atoms with Crippen LogP contribution in [0.1, 0.15) is 19.4 Å². The molecule has 0 aliphatic carbocycles. The topological polar surface area (TPSA) is 21.3 Å². The average Bonchev–Trinajstić information content (AvgIpc) is 2.43. The van der Waals surface area contributed by atoms with E-state index in [2.05, 4.69) is 41.8 Å². The summed E-state index contributed by atoms with van der Waals surface area (Å²) in [7, 11) is 0. The van der Waals surface area contributed by atoms with Crippen molar-refractivity contribution in [2.24, 2.45) is 5.92 Å². The molecule has 1 N–H and O–H groups in total. The van der Waals surface area contributed by atoms with E-state index in [9.17, 15) is 0 Å². The molecule has 0 amide bonds. The normalized spacial score (nSPS) is 10.9. The maximum atomic E-state index is 6.31. The van der Waals surface area contributed by atoms with Crippen LogP contribution < -0.4 is 10.1 Å². The molecule has 0 unspecified atom stereocenters. The summed E-state index contributed by atoms with van der Waals surface area (Å²) in [4.78, 5) is 0. The zero-order valence-corrected chi connectivity index (χ0v) is 15.1. The largest absolute Gasteiger partial charge is 0.457 e. The molecule has 0 bridgehead atoms. The highest BCUT2D eigenvalue weighted by atomic mass is 127. The van der Waals surface area contributed by atoms with E-state index in [1.165, 1.54) is 3.57 Å². The predicted molar refractivity (Wildman–Crippen MR) is 97.2 cm³/mol. The molecule has 0 aliphatic heterocycles. The third-order valence-electron chi connectivity index (χ3n) is 2.94. The molecule has 0 spiro atoms. The SMILES string of the molecule is CC(C)CNCc1ccc(Oc2ccc(I)cc2)cc1Cl. The van der Waals surface area contributed by atoms with Gasteiger partial charge in [-0.3, -0.25) is 0 Å². The number of hydrogen-bond donors (Lipinski definition) is 1. The van der Waals surface area contributed by atoms with Crippen molar-refractivity contribution in [3.8, 4) is 11.5 Å². The fourth-order valence-electron chi connectivity index (χ4n) is 1.87. The Bertz CT molecular complexity index is 584. The van der Waals surface area contributed by atoms with Gasteiger partial charge in [-0.15, -0.1) is 0 Å². The first-order valence-corrected chi connectivity index (χ1v) is 8.43. The lowest BCUT2D eigenvalue weighted by Gasteiger charge is -2.11. The van der Waals surface area contributed by atoms with Gasteiger partial charge in [0.1, 0.15) is 11.5 Å².